The normalized spacial score (nSPS) is 10.2. The van der Waals surface area contributed by atoms with Crippen molar-refractivity contribution in [3.8, 4) is 0 Å². The van der Waals surface area contributed by atoms with Crippen molar-refractivity contribution in [2.24, 2.45) is 0 Å². The molecule has 0 amide bonds. The summed E-state index contributed by atoms with van der Waals surface area (Å²) in [6.07, 6.45) is 1.88. The predicted octanol–water partition coefficient (Wildman–Crippen LogP) is 2.28. The van der Waals surface area contributed by atoms with Crippen LogP contribution in [0.3, 0.4) is 0 Å². The summed E-state index contributed by atoms with van der Waals surface area (Å²) >= 11 is 0. The zero-order valence-electron chi connectivity index (χ0n) is 7.25. The molecule has 0 aliphatic carbocycles. The zero-order chi connectivity index (χ0) is 9.26. The molecule has 0 N–H and O–H groups in total. The second-order valence-electron chi connectivity index (χ2n) is 2.95. The smallest absolute Gasteiger partial charge is 0.0720 e. The quantitative estimate of drug-likeness (QED) is 0.592. The fraction of sp³-hybridized carbons (Fsp3) is 0. The summed E-state index contributed by atoms with van der Waals surface area (Å²) in [7, 11) is 3.58. The van der Waals surface area contributed by atoms with E-state index in [1.807, 2.05) is 24.3 Å². The van der Waals surface area contributed by atoms with Gasteiger partial charge in [-0.2, -0.15) is 0 Å². The molecule has 0 aromatic heterocycles. The van der Waals surface area contributed by atoms with Crippen LogP contribution in [-0.4, -0.2) is 10.2 Å². The van der Waals surface area contributed by atoms with Crippen molar-refractivity contribution in [2.75, 3.05) is 0 Å². The Morgan fingerprint density at radius 2 is 1.69 bits per heavy atom. The molecule has 2 aromatic carbocycles. The molecule has 2 rings (SSSR count). The summed E-state index contributed by atoms with van der Waals surface area (Å²) in [6.45, 7) is 3.79. The predicted molar refractivity (Wildman–Crippen MR) is 59.4 cm³/mol. The molecule has 3 radical (unpaired) electrons. The van der Waals surface area contributed by atoms with Gasteiger partial charge >= 0.3 is 0 Å². The molecule has 0 aliphatic heterocycles. The van der Waals surface area contributed by atoms with E-state index in [4.69, 9.17) is 0 Å². The molecule has 0 atom stereocenters. The Bertz CT molecular complexity index is 458. The third kappa shape index (κ3) is 1.31. The minimum Gasteiger partial charge on any atom is -0.0984 e. The third-order valence-electron chi connectivity index (χ3n) is 2.18. The van der Waals surface area contributed by atoms with Crippen LogP contribution < -0.4 is 5.19 Å². The SMILES string of the molecule is C=Cc1cccc2c([Si])cccc12. The first-order valence-electron chi connectivity index (χ1n) is 4.18. The third-order valence-corrected chi connectivity index (χ3v) is 2.61. The molecule has 0 heterocycles. The van der Waals surface area contributed by atoms with Crippen molar-refractivity contribution in [1.29, 1.82) is 0 Å². The molecular weight excluding hydrogens is 172 g/mol. The van der Waals surface area contributed by atoms with Crippen molar-refractivity contribution in [3.05, 3.63) is 48.5 Å². The molecular formula is C12H9Si. The van der Waals surface area contributed by atoms with Gasteiger partial charge in [0.15, 0.2) is 0 Å². The molecule has 0 saturated carbocycles. The molecule has 0 saturated heterocycles. The van der Waals surface area contributed by atoms with Gasteiger partial charge in [-0.15, -0.1) is 0 Å². The van der Waals surface area contributed by atoms with Crippen molar-refractivity contribution in [2.45, 2.75) is 0 Å². The topological polar surface area (TPSA) is 0 Å². The van der Waals surface area contributed by atoms with E-state index in [0.717, 1.165) is 5.19 Å². The van der Waals surface area contributed by atoms with Gasteiger partial charge in [0.05, 0.1) is 10.2 Å². The van der Waals surface area contributed by atoms with Gasteiger partial charge in [0, 0.05) is 0 Å². The Labute approximate surface area is 81.3 Å². The summed E-state index contributed by atoms with van der Waals surface area (Å²) in [6, 6.07) is 12.4. The second-order valence-corrected chi connectivity index (χ2v) is 3.49. The molecule has 0 bridgehead atoms. The Balaban J connectivity index is 2.92. The molecule has 0 fully saturated rings. The van der Waals surface area contributed by atoms with E-state index in [0.29, 0.717) is 0 Å². The van der Waals surface area contributed by atoms with Crippen molar-refractivity contribution in [1.82, 2.24) is 0 Å². The first-order chi connectivity index (χ1) is 6.33. The number of hydrogen-bond donors (Lipinski definition) is 0. The number of hydrogen-bond acceptors (Lipinski definition) is 0. The highest BCUT2D eigenvalue weighted by molar-refractivity contribution is 6.38. The Hall–Kier alpha value is -1.34. The molecule has 0 unspecified atom stereocenters. The van der Waals surface area contributed by atoms with Gasteiger partial charge in [0.25, 0.3) is 0 Å². The Morgan fingerprint density at radius 3 is 2.46 bits per heavy atom. The molecule has 0 nitrogen and oxygen atoms in total. The van der Waals surface area contributed by atoms with Crippen LogP contribution in [0.5, 0.6) is 0 Å². The summed E-state index contributed by atoms with van der Waals surface area (Å²) < 4.78 is 0. The Morgan fingerprint density at radius 1 is 1.00 bits per heavy atom. The minimum absolute atomic E-state index is 1.13. The lowest BCUT2D eigenvalue weighted by Gasteiger charge is -2.04. The molecule has 0 spiro atoms. The van der Waals surface area contributed by atoms with Crippen LogP contribution >= 0.6 is 0 Å². The van der Waals surface area contributed by atoms with Gasteiger partial charge in [0.2, 0.25) is 0 Å². The van der Waals surface area contributed by atoms with Gasteiger partial charge < -0.3 is 0 Å². The Kier molecular flexibility index (Phi) is 2.03. The maximum Gasteiger partial charge on any atom is 0.0720 e. The fourth-order valence-electron chi connectivity index (χ4n) is 1.51. The largest absolute Gasteiger partial charge is 0.0984 e. The first kappa shape index (κ1) is 8.26. The van der Waals surface area contributed by atoms with Crippen LogP contribution in [0.25, 0.3) is 16.8 Å². The highest BCUT2D eigenvalue weighted by Gasteiger charge is 1.98. The highest BCUT2D eigenvalue weighted by Crippen LogP contribution is 2.17. The van der Waals surface area contributed by atoms with Crippen LogP contribution in [0, 0.1) is 0 Å². The van der Waals surface area contributed by atoms with Gasteiger partial charge in [-0.05, 0) is 16.3 Å². The highest BCUT2D eigenvalue weighted by atomic mass is 28.1. The van der Waals surface area contributed by atoms with Crippen LogP contribution in [-0.2, 0) is 0 Å². The van der Waals surface area contributed by atoms with E-state index in [1.165, 1.54) is 16.3 Å². The van der Waals surface area contributed by atoms with Crippen LogP contribution in [0.1, 0.15) is 5.56 Å². The first-order valence-corrected chi connectivity index (χ1v) is 4.68. The molecule has 61 valence electrons. The van der Waals surface area contributed by atoms with Crippen molar-refractivity contribution < 1.29 is 0 Å². The number of benzene rings is 2. The van der Waals surface area contributed by atoms with E-state index < -0.39 is 0 Å². The van der Waals surface area contributed by atoms with Crippen LogP contribution in [0.4, 0.5) is 0 Å². The zero-order valence-corrected chi connectivity index (χ0v) is 8.25. The maximum absolute atomic E-state index is 3.79. The average Bonchev–Trinajstić information content (AvgIpc) is 2.18. The van der Waals surface area contributed by atoms with Crippen molar-refractivity contribution >= 4 is 32.3 Å². The maximum atomic E-state index is 3.79. The van der Waals surface area contributed by atoms with Gasteiger partial charge in [0.1, 0.15) is 0 Å². The molecule has 2 aromatic rings. The summed E-state index contributed by atoms with van der Waals surface area (Å²) in [5, 5.41) is 3.60. The van der Waals surface area contributed by atoms with Gasteiger partial charge in [-0.1, -0.05) is 54.2 Å². The lowest BCUT2D eigenvalue weighted by molar-refractivity contribution is 1.74. The average molecular weight is 181 g/mol. The van der Waals surface area contributed by atoms with E-state index in [2.05, 4.69) is 35.0 Å². The lowest BCUT2D eigenvalue weighted by Crippen LogP contribution is -2.02. The molecule has 1 heteroatoms. The van der Waals surface area contributed by atoms with E-state index >= 15 is 0 Å². The summed E-state index contributed by atoms with van der Waals surface area (Å²) in [4.78, 5) is 0. The molecule has 0 aliphatic rings. The van der Waals surface area contributed by atoms with Crippen molar-refractivity contribution in [3.63, 3.8) is 0 Å². The van der Waals surface area contributed by atoms with E-state index in [-0.39, 0.29) is 0 Å². The van der Waals surface area contributed by atoms with Gasteiger partial charge in [-0.3, -0.25) is 0 Å². The molecule has 13 heavy (non-hydrogen) atoms. The van der Waals surface area contributed by atoms with Crippen LogP contribution in [0.15, 0.2) is 43.0 Å². The lowest BCUT2D eigenvalue weighted by atomic mass is 10.0. The van der Waals surface area contributed by atoms with Gasteiger partial charge in [-0.25, -0.2) is 0 Å². The standard InChI is InChI=1S/C12H9Si/c1-2-9-5-3-7-11-10(9)6-4-8-12(11)13/h2-8H,1H2. The minimum atomic E-state index is 1.13. The summed E-state index contributed by atoms with van der Waals surface area (Å²) in [5.74, 6) is 0. The van der Waals surface area contributed by atoms with E-state index in [9.17, 15) is 0 Å². The number of fused-ring (bicyclic) bond motifs is 1. The van der Waals surface area contributed by atoms with Crippen LogP contribution in [0.2, 0.25) is 0 Å². The van der Waals surface area contributed by atoms with E-state index in [1.54, 1.807) is 0 Å². The fourth-order valence-corrected chi connectivity index (χ4v) is 1.83. The monoisotopic (exact) mass is 181 g/mol. The second kappa shape index (κ2) is 3.19. The number of rotatable bonds is 1. The summed E-state index contributed by atoms with van der Waals surface area (Å²) in [5.41, 5.74) is 1.18.